The average molecular weight is 349 g/mol. The van der Waals surface area contributed by atoms with Crippen LogP contribution in [0.25, 0.3) is 0 Å². The lowest BCUT2D eigenvalue weighted by molar-refractivity contribution is 0.0642. The maximum atomic E-state index is 13.2. The molecule has 0 radical (unpaired) electrons. The Bertz CT molecular complexity index is 776. The minimum Gasteiger partial charge on any atom is -0.399 e. The smallest absolute Gasteiger partial charge is 0.261 e. The monoisotopic (exact) mass is 348 g/mol. The summed E-state index contributed by atoms with van der Waals surface area (Å²) in [7, 11) is 0. The number of carbonyl (C=O) groups excluding carboxylic acids is 2. The second-order valence-electron chi connectivity index (χ2n) is 4.75. The third-order valence-corrected chi connectivity index (χ3v) is 3.93. The molecule has 106 valence electrons. The van der Waals surface area contributed by atoms with Crippen LogP contribution in [-0.4, -0.2) is 16.7 Å². The van der Waals surface area contributed by atoms with Crippen LogP contribution in [0.5, 0.6) is 0 Å². The molecule has 1 heterocycles. The quantitative estimate of drug-likeness (QED) is 0.670. The first kappa shape index (κ1) is 13.8. The van der Waals surface area contributed by atoms with Gasteiger partial charge in [0.1, 0.15) is 5.82 Å². The minimum absolute atomic E-state index is 0.0884. The number of fused-ring (bicyclic) bond motifs is 1. The van der Waals surface area contributed by atoms with Crippen molar-refractivity contribution in [3.05, 3.63) is 63.4 Å². The summed E-state index contributed by atoms with van der Waals surface area (Å²) in [4.78, 5) is 25.7. The number of nitrogens with two attached hydrogens (primary N) is 1. The van der Waals surface area contributed by atoms with Crippen molar-refractivity contribution in [1.82, 2.24) is 4.90 Å². The molecule has 6 heteroatoms. The zero-order chi connectivity index (χ0) is 15.1. The van der Waals surface area contributed by atoms with Crippen molar-refractivity contribution in [1.29, 1.82) is 0 Å². The molecule has 0 saturated carbocycles. The molecule has 2 aromatic carbocycles. The van der Waals surface area contributed by atoms with Crippen molar-refractivity contribution >= 4 is 33.4 Å². The molecular formula is C15H10BrFN2O2. The summed E-state index contributed by atoms with van der Waals surface area (Å²) in [6.45, 7) is 0.0884. The molecule has 2 N–H and O–H groups in total. The molecule has 2 amide bonds. The Morgan fingerprint density at radius 3 is 2.48 bits per heavy atom. The number of imide groups is 1. The van der Waals surface area contributed by atoms with E-state index in [-0.39, 0.29) is 18.4 Å². The number of halogens is 2. The summed E-state index contributed by atoms with van der Waals surface area (Å²) in [6, 6.07) is 9.00. The highest BCUT2D eigenvalue weighted by molar-refractivity contribution is 9.10. The SMILES string of the molecule is Nc1ccc2c(c1)C(=O)N(Cc1ccc(F)c(Br)c1)C2=O. The Morgan fingerprint density at radius 1 is 1.05 bits per heavy atom. The van der Waals surface area contributed by atoms with Crippen LogP contribution in [0.15, 0.2) is 40.9 Å². The number of nitrogen functional groups attached to an aromatic ring is 1. The summed E-state index contributed by atoms with van der Waals surface area (Å²) in [6.07, 6.45) is 0. The van der Waals surface area contributed by atoms with E-state index in [1.807, 2.05) is 0 Å². The highest BCUT2D eigenvalue weighted by Gasteiger charge is 2.35. The van der Waals surface area contributed by atoms with Gasteiger partial charge < -0.3 is 5.73 Å². The van der Waals surface area contributed by atoms with Gasteiger partial charge in [-0.3, -0.25) is 14.5 Å². The standard InChI is InChI=1S/C15H10BrFN2O2/c16-12-5-8(1-4-13(12)17)7-19-14(20)10-3-2-9(18)6-11(10)15(19)21/h1-6H,7,18H2. The van der Waals surface area contributed by atoms with Crippen LogP contribution in [0.4, 0.5) is 10.1 Å². The maximum Gasteiger partial charge on any atom is 0.261 e. The second kappa shape index (κ2) is 4.96. The lowest BCUT2D eigenvalue weighted by atomic mass is 10.1. The summed E-state index contributed by atoms with van der Waals surface area (Å²) in [5.41, 5.74) is 7.38. The third kappa shape index (κ3) is 2.31. The first-order valence-electron chi connectivity index (χ1n) is 6.17. The summed E-state index contributed by atoms with van der Waals surface area (Å²) in [5, 5.41) is 0. The number of rotatable bonds is 2. The lowest BCUT2D eigenvalue weighted by Crippen LogP contribution is -2.29. The lowest BCUT2D eigenvalue weighted by Gasteiger charge is -2.14. The highest BCUT2D eigenvalue weighted by Crippen LogP contribution is 2.27. The normalized spacial score (nSPS) is 13.7. The Hall–Kier alpha value is -2.21. The van der Waals surface area contributed by atoms with Gasteiger partial charge in [-0.05, 0) is 51.8 Å². The largest absolute Gasteiger partial charge is 0.399 e. The molecule has 0 spiro atoms. The molecule has 0 atom stereocenters. The van der Waals surface area contributed by atoms with Crippen LogP contribution in [0.1, 0.15) is 26.3 Å². The van der Waals surface area contributed by atoms with Crippen molar-refractivity contribution in [2.75, 3.05) is 5.73 Å². The molecule has 0 unspecified atom stereocenters. The van der Waals surface area contributed by atoms with Gasteiger partial charge in [0.25, 0.3) is 11.8 Å². The number of carbonyl (C=O) groups is 2. The van der Waals surface area contributed by atoms with Crippen molar-refractivity contribution in [3.8, 4) is 0 Å². The Kier molecular flexibility index (Phi) is 3.25. The number of nitrogens with zero attached hydrogens (tertiary/aromatic N) is 1. The van der Waals surface area contributed by atoms with E-state index >= 15 is 0 Å². The maximum absolute atomic E-state index is 13.2. The molecule has 1 aliphatic rings. The van der Waals surface area contributed by atoms with Crippen LogP contribution in [-0.2, 0) is 6.54 Å². The van der Waals surface area contributed by atoms with Gasteiger partial charge in [0.2, 0.25) is 0 Å². The first-order valence-corrected chi connectivity index (χ1v) is 6.96. The molecule has 21 heavy (non-hydrogen) atoms. The van der Waals surface area contributed by atoms with E-state index in [1.165, 1.54) is 18.2 Å². The fraction of sp³-hybridized carbons (Fsp3) is 0.0667. The molecule has 0 fully saturated rings. The predicted octanol–water partition coefficient (Wildman–Crippen LogP) is 2.97. The summed E-state index contributed by atoms with van der Waals surface area (Å²) in [5.74, 6) is -1.15. The molecule has 4 nitrogen and oxygen atoms in total. The number of anilines is 1. The first-order chi connectivity index (χ1) is 9.97. The van der Waals surface area contributed by atoms with Crippen LogP contribution in [0.3, 0.4) is 0 Å². The second-order valence-corrected chi connectivity index (χ2v) is 5.60. The molecule has 0 aliphatic carbocycles. The fourth-order valence-electron chi connectivity index (χ4n) is 2.27. The van der Waals surface area contributed by atoms with Crippen LogP contribution < -0.4 is 5.73 Å². The molecule has 0 saturated heterocycles. The topological polar surface area (TPSA) is 63.4 Å². The van der Waals surface area contributed by atoms with E-state index in [2.05, 4.69) is 15.9 Å². The molecular weight excluding hydrogens is 339 g/mol. The van der Waals surface area contributed by atoms with E-state index in [4.69, 9.17) is 5.73 Å². The van der Waals surface area contributed by atoms with Gasteiger partial charge in [-0.2, -0.15) is 0 Å². The number of hydrogen-bond donors (Lipinski definition) is 1. The minimum atomic E-state index is -0.395. The zero-order valence-electron chi connectivity index (χ0n) is 10.8. The molecule has 0 bridgehead atoms. The van der Waals surface area contributed by atoms with E-state index in [1.54, 1.807) is 18.2 Å². The zero-order valence-corrected chi connectivity index (χ0v) is 12.4. The predicted molar refractivity (Wildman–Crippen MR) is 79.2 cm³/mol. The number of benzene rings is 2. The van der Waals surface area contributed by atoms with E-state index in [9.17, 15) is 14.0 Å². The van der Waals surface area contributed by atoms with Gasteiger partial charge >= 0.3 is 0 Å². The van der Waals surface area contributed by atoms with Gasteiger partial charge in [-0.1, -0.05) is 6.07 Å². The molecule has 3 rings (SSSR count). The van der Waals surface area contributed by atoms with Crippen molar-refractivity contribution in [2.24, 2.45) is 0 Å². The molecule has 0 aromatic heterocycles. The Balaban J connectivity index is 1.93. The van der Waals surface area contributed by atoms with Gasteiger partial charge in [0.05, 0.1) is 22.1 Å². The third-order valence-electron chi connectivity index (χ3n) is 3.32. The van der Waals surface area contributed by atoms with E-state index < -0.39 is 5.82 Å². The van der Waals surface area contributed by atoms with Crippen LogP contribution >= 0.6 is 15.9 Å². The molecule has 1 aliphatic heterocycles. The molecule has 2 aromatic rings. The van der Waals surface area contributed by atoms with Gasteiger partial charge in [0.15, 0.2) is 0 Å². The van der Waals surface area contributed by atoms with Gasteiger partial charge in [0, 0.05) is 5.69 Å². The van der Waals surface area contributed by atoms with Crippen molar-refractivity contribution in [2.45, 2.75) is 6.54 Å². The van der Waals surface area contributed by atoms with Gasteiger partial charge in [-0.25, -0.2) is 4.39 Å². The van der Waals surface area contributed by atoms with E-state index in [0.29, 0.717) is 26.9 Å². The highest BCUT2D eigenvalue weighted by atomic mass is 79.9. The number of hydrogen-bond acceptors (Lipinski definition) is 3. The van der Waals surface area contributed by atoms with Crippen molar-refractivity contribution in [3.63, 3.8) is 0 Å². The summed E-state index contributed by atoms with van der Waals surface area (Å²) >= 11 is 3.08. The van der Waals surface area contributed by atoms with Crippen molar-refractivity contribution < 1.29 is 14.0 Å². The summed E-state index contributed by atoms with van der Waals surface area (Å²) < 4.78 is 13.5. The van der Waals surface area contributed by atoms with Crippen LogP contribution in [0, 0.1) is 5.82 Å². The Morgan fingerprint density at radius 2 is 1.76 bits per heavy atom. The van der Waals surface area contributed by atoms with E-state index in [0.717, 1.165) is 4.90 Å². The van der Waals surface area contributed by atoms with Crippen LogP contribution in [0.2, 0.25) is 0 Å². The Labute approximate surface area is 128 Å². The van der Waals surface area contributed by atoms with Gasteiger partial charge in [-0.15, -0.1) is 0 Å². The average Bonchev–Trinajstić information content (AvgIpc) is 2.68. The number of amides is 2. The fourth-order valence-corrected chi connectivity index (χ4v) is 2.70.